The maximum absolute atomic E-state index is 10.8. The Hall–Kier alpha value is -0.450. The number of aliphatic hydroxyl groups is 1. The van der Waals surface area contributed by atoms with Gasteiger partial charge in [-0.1, -0.05) is 6.42 Å². The molecule has 1 fully saturated rings. The van der Waals surface area contributed by atoms with Crippen LogP contribution in [0.4, 0.5) is 0 Å². The third kappa shape index (κ3) is 4.28. The number of nitrogens with zero attached hydrogens (tertiary/aromatic N) is 1. The summed E-state index contributed by atoms with van der Waals surface area (Å²) in [5, 5.41) is 9.66. The Balaban J connectivity index is 2.30. The van der Waals surface area contributed by atoms with Crippen molar-refractivity contribution in [1.29, 1.82) is 0 Å². The number of β-amino-alcohol motifs (C(OH)–C–C–N with tert-alkyl or cyclic N) is 1. The molecule has 0 saturated carbocycles. The fourth-order valence-corrected chi connectivity index (χ4v) is 1.97. The highest BCUT2D eigenvalue weighted by atomic mass is 16.5. The van der Waals surface area contributed by atoms with Crippen LogP contribution in [0.3, 0.4) is 0 Å². The molecular formula is C11H21NO3. The molecule has 2 atom stereocenters. The van der Waals surface area contributed by atoms with Crippen molar-refractivity contribution in [2.45, 2.75) is 38.3 Å². The highest BCUT2D eigenvalue weighted by Crippen LogP contribution is 2.15. The van der Waals surface area contributed by atoms with E-state index in [-0.39, 0.29) is 6.04 Å². The van der Waals surface area contributed by atoms with Gasteiger partial charge in [-0.05, 0) is 26.3 Å². The molecule has 0 aromatic rings. The number of aliphatic hydroxyl groups excluding tert-OH is 1. The van der Waals surface area contributed by atoms with Gasteiger partial charge in [-0.25, -0.2) is 0 Å². The number of hydrogen-bond donors (Lipinski definition) is 1. The van der Waals surface area contributed by atoms with Crippen molar-refractivity contribution < 1.29 is 14.6 Å². The highest BCUT2D eigenvalue weighted by Gasteiger charge is 2.23. The Bertz CT molecular complexity index is 187. The molecule has 4 heteroatoms. The maximum atomic E-state index is 10.8. The predicted octanol–water partition coefficient (Wildman–Crippen LogP) is 0.437. The van der Waals surface area contributed by atoms with E-state index in [1.54, 1.807) is 0 Å². The maximum Gasteiger partial charge on any atom is 0.137 e. The highest BCUT2D eigenvalue weighted by molar-refractivity contribution is 5.57. The minimum atomic E-state index is -0.481. The number of ether oxygens (including phenoxy) is 1. The molecule has 1 aliphatic rings. The zero-order valence-electron chi connectivity index (χ0n) is 9.39. The minimum Gasteiger partial charge on any atom is -0.389 e. The van der Waals surface area contributed by atoms with Gasteiger partial charge in [0, 0.05) is 13.2 Å². The third-order valence-corrected chi connectivity index (χ3v) is 2.78. The van der Waals surface area contributed by atoms with Gasteiger partial charge in [0.2, 0.25) is 0 Å². The summed E-state index contributed by atoms with van der Waals surface area (Å²) in [6, 6.07) is -0.00461. The molecule has 88 valence electrons. The van der Waals surface area contributed by atoms with Gasteiger partial charge in [0.05, 0.1) is 18.8 Å². The molecule has 0 aromatic carbocycles. The summed E-state index contributed by atoms with van der Waals surface area (Å²) in [6.07, 6.45) is 3.66. The first-order chi connectivity index (χ1) is 7.27. The fraction of sp³-hybridized carbons (Fsp3) is 0.909. The molecular weight excluding hydrogens is 194 g/mol. The third-order valence-electron chi connectivity index (χ3n) is 2.78. The smallest absolute Gasteiger partial charge is 0.137 e. The van der Waals surface area contributed by atoms with Gasteiger partial charge >= 0.3 is 0 Å². The van der Waals surface area contributed by atoms with E-state index in [4.69, 9.17) is 4.74 Å². The Morgan fingerprint density at radius 1 is 1.60 bits per heavy atom. The summed E-state index contributed by atoms with van der Waals surface area (Å²) >= 11 is 0. The number of rotatable bonds is 6. The number of likely N-dealkylation sites (tertiary alicyclic amines) is 1. The van der Waals surface area contributed by atoms with Crippen LogP contribution in [0.5, 0.6) is 0 Å². The monoisotopic (exact) mass is 215 g/mol. The molecule has 0 radical (unpaired) electrons. The van der Waals surface area contributed by atoms with Gasteiger partial charge in [0.25, 0.3) is 0 Å². The van der Waals surface area contributed by atoms with Gasteiger partial charge in [-0.3, -0.25) is 4.90 Å². The Kier molecular flexibility index (Phi) is 5.83. The second kappa shape index (κ2) is 6.93. The SMILES string of the molecule is CCOCC(O)CN1CCCCC1C=O. The summed E-state index contributed by atoms with van der Waals surface area (Å²) in [6.45, 7) is 4.34. The Labute approximate surface area is 91.2 Å². The lowest BCUT2D eigenvalue weighted by atomic mass is 10.0. The molecule has 2 unspecified atom stereocenters. The number of aldehydes is 1. The molecule has 1 saturated heterocycles. The van der Waals surface area contributed by atoms with Crippen LogP contribution in [0.25, 0.3) is 0 Å². The van der Waals surface area contributed by atoms with Crippen LogP contribution >= 0.6 is 0 Å². The number of hydrogen-bond acceptors (Lipinski definition) is 4. The van der Waals surface area contributed by atoms with Crippen LogP contribution in [-0.4, -0.2) is 54.7 Å². The standard InChI is InChI=1S/C11H21NO3/c1-2-15-9-11(14)7-12-6-4-3-5-10(12)8-13/h8,10-11,14H,2-7,9H2,1H3. The summed E-state index contributed by atoms with van der Waals surface area (Å²) in [5.74, 6) is 0. The summed E-state index contributed by atoms with van der Waals surface area (Å²) in [7, 11) is 0. The number of carbonyl (C=O) groups excluding carboxylic acids is 1. The second-order valence-electron chi connectivity index (χ2n) is 4.01. The number of carbonyl (C=O) groups is 1. The molecule has 0 amide bonds. The molecule has 0 aliphatic carbocycles. The van der Waals surface area contributed by atoms with E-state index in [1.165, 1.54) is 0 Å². The molecule has 1 rings (SSSR count). The molecule has 1 N–H and O–H groups in total. The summed E-state index contributed by atoms with van der Waals surface area (Å²) < 4.78 is 5.14. The lowest BCUT2D eigenvalue weighted by molar-refractivity contribution is -0.114. The average molecular weight is 215 g/mol. The number of piperidine rings is 1. The van der Waals surface area contributed by atoms with Gasteiger partial charge in [0.15, 0.2) is 0 Å². The predicted molar refractivity (Wildman–Crippen MR) is 57.8 cm³/mol. The van der Waals surface area contributed by atoms with E-state index in [2.05, 4.69) is 4.90 Å². The van der Waals surface area contributed by atoms with Crippen LogP contribution in [0.1, 0.15) is 26.2 Å². The average Bonchev–Trinajstić information content (AvgIpc) is 2.27. The van der Waals surface area contributed by atoms with Crippen molar-refractivity contribution >= 4 is 6.29 Å². The normalized spacial score (nSPS) is 25.1. The van der Waals surface area contributed by atoms with Gasteiger partial charge in [0.1, 0.15) is 6.29 Å². The van der Waals surface area contributed by atoms with Crippen LogP contribution in [0, 0.1) is 0 Å². The second-order valence-corrected chi connectivity index (χ2v) is 4.01. The van der Waals surface area contributed by atoms with E-state index in [1.807, 2.05) is 6.92 Å². The first kappa shape index (κ1) is 12.6. The fourth-order valence-electron chi connectivity index (χ4n) is 1.97. The lowest BCUT2D eigenvalue weighted by Gasteiger charge is -2.33. The minimum absolute atomic E-state index is 0.00461. The first-order valence-electron chi connectivity index (χ1n) is 5.73. The Morgan fingerprint density at radius 2 is 2.40 bits per heavy atom. The van der Waals surface area contributed by atoms with E-state index < -0.39 is 6.10 Å². The molecule has 0 spiro atoms. The van der Waals surface area contributed by atoms with Crippen LogP contribution in [0.15, 0.2) is 0 Å². The van der Waals surface area contributed by atoms with Crippen LogP contribution in [0.2, 0.25) is 0 Å². The quantitative estimate of drug-likeness (QED) is 0.653. The summed E-state index contributed by atoms with van der Waals surface area (Å²) in [5.41, 5.74) is 0. The molecule has 15 heavy (non-hydrogen) atoms. The lowest BCUT2D eigenvalue weighted by Crippen LogP contribution is -2.45. The van der Waals surface area contributed by atoms with Crippen molar-refractivity contribution in [3.8, 4) is 0 Å². The van der Waals surface area contributed by atoms with Crippen molar-refractivity contribution in [2.24, 2.45) is 0 Å². The zero-order chi connectivity index (χ0) is 11.1. The topological polar surface area (TPSA) is 49.8 Å². The van der Waals surface area contributed by atoms with Crippen LogP contribution in [-0.2, 0) is 9.53 Å². The van der Waals surface area contributed by atoms with E-state index in [0.717, 1.165) is 32.1 Å². The van der Waals surface area contributed by atoms with Crippen molar-refractivity contribution in [3.05, 3.63) is 0 Å². The van der Waals surface area contributed by atoms with E-state index in [0.29, 0.717) is 19.8 Å². The van der Waals surface area contributed by atoms with Crippen molar-refractivity contribution in [2.75, 3.05) is 26.3 Å². The van der Waals surface area contributed by atoms with Gasteiger partial charge in [-0.2, -0.15) is 0 Å². The molecule has 0 aromatic heterocycles. The van der Waals surface area contributed by atoms with Gasteiger partial charge < -0.3 is 14.6 Å². The van der Waals surface area contributed by atoms with Gasteiger partial charge in [-0.15, -0.1) is 0 Å². The Morgan fingerprint density at radius 3 is 3.07 bits per heavy atom. The molecule has 4 nitrogen and oxygen atoms in total. The molecule has 1 aliphatic heterocycles. The molecule has 0 bridgehead atoms. The van der Waals surface area contributed by atoms with Crippen molar-refractivity contribution in [3.63, 3.8) is 0 Å². The summed E-state index contributed by atoms with van der Waals surface area (Å²) in [4.78, 5) is 12.9. The largest absolute Gasteiger partial charge is 0.389 e. The van der Waals surface area contributed by atoms with E-state index >= 15 is 0 Å². The first-order valence-corrected chi connectivity index (χ1v) is 5.73. The van der Waals surface area contributed by atoms with E-state index in [9.17, 15) is 9.90 Å². The molecule has 1 heterocycles. The zero-order valence-corrected chi connectivity index (χ0v) is 9.39. The van der Waals surface area contributed by atoms with Crippen LogP contribution < -0.4 is 0 Å². The van der Waals surface area contributed by atoms with Crippen molar-refractivity contribution in [1.82, 2.24) is 4.90 Å².